The molecule has 1 amide bonds. The first-order valence-electron chi connectivity index (χ1n) is 8.44. The molecule has 1 aliphatic rings. The summed E-state index contributed by atoms with van der Waals surface area (Å²) in [5.41, 5.74) is 2.56. The monoisotopic (exact) mass is 335 g/mol. The Morgan fingerprint density at radius 2 is 1.87 bits per heavy atom. The second-order valence-electron chi connectivity index (χ2n) is 6.33. The van der Waals surface area contributed by atoms with E-state index < -0.39 is 0 Å². The van der Waals surface area contributed by atoms with Gasteiger partial charge in [-0.2, -0.15) is 0 Å². The van der Waals surface area contributed by atoms with E-state index in [2.05, 4.69) is 53.4 Å². The molecule has 4 nitrogen and oxygen atoms in total. The number of carbonyl (C=O) groups excluding carboxylic acids is 1. The Balaban J connectivity index is 1.49. The summed E-state index contributed by atoms with van der Waals surface area (Å²) >= 11 is 1.68. The van der Waals surface area contributed by atoms with Gasteiger partial charge in [-0.3, -0.25) is 4.79 Å². The summed E-state index contributed by atoms with van der Waals surface area (Å²) in [7, 11) is 2.17. The average Bonchev–Trinajstić information content (AvgIpc) is 2.55. The molecule has 1 fully saturated rings. The number of thioether (sulfide) groups is 1. The highest BCUT2D eigenvalue weighted by atomic mass is 32.2. The Labute approximate surface area is 144 Å². The lowest BCUT2D eigenvalue weighted by Crippen LogP contribution is -2.45. The summed E-state index contributed by atoms with van der Waals surface area (Å²) < 4.78 is 0. The van der Waals surface area contributed by atoms with Crippen LogP contribution in [0, 0.1) is 6.92 Å². The average molecular weight is 336 g/mol. The van der Waals surface area contributed by atoms with Gasteiger partial charge in [-0.15, -0.1) is 11.8 Å². The minimum atomic E-state index is 0.153. The van der Waals surface area contributed by atoms with E-state index in [1.807, 2.05) is 0 Å². The number of aryl methyl sites for hydroxylation is 1. The lowest BCUT2D eigenvalue weighted by atomic mass is 10.2. The molecule has 5 heteroatoms. The van der Waals surface area contributed by atoms with E-state index in [1.165, 1.54) is 11.1 Å². The fraction of sp³-hybridized carbons (Fsp3) is 0.611. The highest BCUT2D eigenvalue weighted by Gasteiger charge is 2.12. The highest BCUT2D eigenvalue weighted by molar-refractivity contribution is 7.99. The van der Waals surface area contributed by atoms with Crippen molar-refractivity contribution >= 4 is 17.7 Å². The number of nitrogens with one attached hydrogen (secondary N) is 1. The minimum absolute atomic E-state index is 0.153. The molecular weight excluding hydrogens is 306 g/mol. The van der Waals surface area contributed by atoms with E-state index in [0.717, 1.165) is 51.4 Å². The molecule has 0 aromatic heterocycles. The Morgan fingerprint density at radius 1 is 1.17 bits per heavy atom. The lowest BCUT2D eigenvalue weighted by molar-refractivity contribution is -0.118. The van der Waals surface area contributed by atoms with E-state index in [0.29, 0.717) is 5.75 Å². The topological polar surface area (TPSA) is 35.6 Å². The van der Waals surface area contributed by atoms with Crippen molar-refractivity contribution < 1.29 is 4.79 Å². The molecule has 1 aromatic rings. The number of carbonyl (C=O) groups is 1. The number of hydrogen-bond donors (Lipinski definition) is 1. The van der Waals surface area contributed by atoms with Gasteiger partial charge in [0.2, 0.25) is 5.91 Å². The van der Waals surface area contributed by atoms with Gasteiger partial charge >= 0.3 is 0 Å². The van der Waals surface area contributed by atoms with Crippen molar-refractivity contribution in [3.05, 3.63) is 35.4 Å². The molecule has 0 unspecified atom stereocenters. The molecular formula is C18H29N3OS. The predicted molar refractivity (Wildman–Crippen MR) is 98.9 cm³/mol. The summed E-state index contributed by atoms with van der Waals surface area (Å²) in [5.74, 6) is 1.60. The Bertz CT molecular complexity index is 470. The number of likely N-dealkylation sites (N-methyl/N-ethyl adjacent to an activating group) is 1. The van der Waals surface area contributed by atoms with Crippen molar-refractivity contribution in [2.75, 3.05) is 52.1 Å². The van der Waals surface area contributed by atoms with Gasteiger partial charge in [0.15, 0.2) is 0 Å². The zero-order valence-corrected chi connectivity index (χ0v) is 15.2. The van der Waals surface area contributed by atoms with Gasteiger partial charge in [-0.1, -0.05) is 29.8 Å². The van der Waals surface area contributed by atoms with Crippen LogP contribution in [0.25, 0.3) is 0 Å². The van der Waals surface area contributed by atoms with Crippen LogP contribution in [0.15, 0.2) is 24.3 Å². The quantitative estimate of drug-likeness (QED) is 0.737. The molecule has 1 aliphatic heterocycles. The fourth-order valence-electron chi connectivity index (χ4n) is 2.60. The molecule has 0 saturated carbocycles. The van der Waals surface area contributed by atoms with Crippen LogP contribution in [0.2, 0.25) is 0 Å². The molecule has 1 N–H and O–H groups in total. The molecule has 0 bridgehead atoms. The van der Waals surface area contributed by atoms with Crippen LogP contribution in [-0.4, -0.2) is 67.8 Å². The van der Waals surface area contributed by atoms with E-state index in [9.17, 15) is 4.79 Å². The third kappa shape index (κ3) is 7.38. The SMILES string of the molecule is Cc1ccc(CSCC(=O)NCCCN2CCN(C)CC2)cc1. The standard InChI is InChI=1S/C18H29N3OS/c1-16-4-6-17(7-5-16)14-23-15-18(22)19-8-3-9-21-12-10-20(2)11-13-21/h4-7H,3,8-15H2,1-2H3,(H,19,22). The van der Waals surface area contributed by atoms with E-state index in [-0.39, 0.29) is 5.91 Å². The maximum absolute atomic E-state index is 11.8. The summed E-state index contributed by atoms with van der Waals surface area (Å²) in [4.78, 5) is 16.7. The van der Waals surface area contributed by atoms with Gasteiger partial charge < -0.3 is 15.1 Å². The first kappa shape index (κ1) is 18.3. The number of amides is 1. The summed E-state index contributed by atoms with van der Waals surface area (Å²) in [6.07, 6.45) is 1.04. The van der Waals surface area contributed by atoms with Crippen molar-refractivity contribution in [3.8, 4) is 0 Å². The predicted octanol–water partition coefficient (Wildman–Crippen LogP) is 1.98. The Hall–Kier alpha value is -1.04. The molecule has 23 heavy (non-hydrogen) atoms. The Morgan fingerprint density at radius 3 is 2.57 bits per heavy atom. The van der Waals surface area contributed by atoms with Gasteiger partial charge in [-0.05, 0) is 32.5 Å². The Kier molecular flexibility index (Phi) is 7.92. The largest absolute Gasteiger partial charge is 0.355 e. The van der Waals surface area contributed by atoms with Gasteiger partial charge in [0, 0.05) is 38.5 Å². The molecule has 0 aliphatic carbocycles. The minimum Gasteiger partial charge on any atom is -0.355 e. The first-order chi connectivity index (χ1) is 11.1. The fourth-order valence-corrected chi connectivity index (χ4v) is 3.42. The second kappa shape index (κ2) is 9.96. The van der Waals surface area contributed by atoms with Gasteiger partial charge in [0.25, 0.3) is 0 Å². The summed E-state index contributed by atoms with van der Waals surface area (Å²) in [5, 5.41) is 3.03. The molecule has 0 radical (unpaired) electrons. The molecule has 2 rings (SSSR count). The van der Waals surface area contributed by atoms with E-state index in [1.54, 1.807) is 11.8 Å². The van der Waals surface area contributed by atoms with Gasteiger partial charge in [0.05, 0.1) is 5.75 Å². The zero-order valence-electron chi connectivity index (χ0n) is 14.4. The number of rotatable bonds is 8. The zero-order chi connectivity index (χ0) is 16.5. The molecule has 0 spiro atoms. The third-order valence-corrected chi connectivity index (χ3v) is 5.20. The van der Waals surface area contributed by atoms with Gasteiger partial charge in [-0.25, -0.2) is 0 Å². The summed E-state index contributed by atoms with van der Waals surface area (Å²) in [6.45, 7) is 8.57. The number of hydrogen-bond acceptors (Lipinski definition) is 4. The number of piperazine rings is 1. The molecule has 128 valence electrons. The first-order valence-corrected chi connectivity index (χ1v) is 9.60. The normalized spacial score (nSPS) is 16.4. The number of nitrogens with zero attached hydrogens (tertiary/aromatic N) is 2. The third-order valence-electron chi connectivity index (χ3n) is 4.19. The molecule has 1 aromatic carbocycles. The van der Waals surface area contributed by atoms with Crippen molar-refractivity contribution in [3.63, 3.8) is 0 Å². The van der Waals surface area contributed by atoms with Crippen LogP contribution in [0.4, 0.5) is 0 Å². The second-order valence-corrected chi connectivity index (χ2v) is 7.31. The number of benzene rings is 1. The van der Waals surface area contributed by atoms with Crippen LogP contribution in [0.5, 0.6) is 0 Å². The van der Waals surface area contributed by atoms with Crippen LogP contribution < -0.4 is 5.32 Å². The van der Waals surface area contributed by atoms with Gasteiger partial charge in [0.1, 0.15) is 0 Å². The van der Waals surface area contributed by atoms with Crippen molar-refractivity contribution in [2.45, 2.75) is 19.1 Å². The lowest BCUT2D eigenvalue weighted by Gasteiger charge is -2.32. The maximum atomic E-state index is 11.8. The highest BCUT2D eigenvalue weighted by Crippen LogP contribution is 2.12. The van der Waals surface area contributed by atoms with Crippen LogP contribution in [-0.2, 0) is 10.5 Å². The van der Waals surface area contributed by atoms with Crippen LogP contribution in [0.3, 0.4) is 0 Å². The molecule has 1 saturated heterocycles. The molecule has 1 heterocycles. The van der Waals surface area contributed by atoms with Crippen LogP contribution >= 0.6 is 11.8 Å². The van der Waals surface area contributed by atoms with Crippen molar-refractivity contribution in [2.24, 2.45) is 0 Å². The summed E-state index contributed by atoms with van der Waals surface area (Å²) in [6, 6.07) is 8.51. The van der Waals surface area contributed by atoms with Crippen LogP contribution in [0.1, 0.15) is 17.5 Å². The van der Waals surface area contributed by atoms with Crippen molar-refractivity contribution in [1.29, 1.82) is 0 Å². The molecule has 0 atom stereocenters. The maximum Gasteiger partial charge on any atom is 0.230 e. The van der Waals surface area contributed by atoms with Crippen molar-refractivity contribution in [1.82, 2.24) is 15.1 Å². The van der Waals surface area contributed by atoms with E-state index >= 15 is 0 Å². The van der Waals surface area contributed by atoms with E-state index in [4.69, 9.17) is 0 Å². The smallest absolute Gasteiger partial charge is 0.230 e.